The Morgan fingerprint density at radius 2 is 1.65 bits per heavy atom. The van der Waals surface area contributed by atoms with Crippen LogP contribution in [0, 0.1) is 23.2 Å². The first-order chi connectivity index (χ1) is 17.9. The first kappa shape index (κ1) is 30.8. The van der Waals surface area contributed by atoms with Gasteiger partial charge >= 0.3 is 7.40 Å². The fourth-order valence-corrected chi connectivity index (χ4v) is 5.13. The van der Waals surface area contributed by atoms with Crippen molar-refractivity contribution in [2.45, 2.75) is 79.1 Å². The molecule has 0 bridgehead atoms. The largest absolute Gasteiger partial charge is 0.934 e. The first-order valence-corrected chi connectivity index (χ1v) is 14.1. The van der Waals surface area contributed by atoms with Crippen LogP contribution in [-0.4, -0.2) is 43.9 Å². The van der Waals surface area contributed by atoms with Crippen molar-refractivity contribution in [3.8, 4) is 6.07 Å². The molecular weight excluding hydrogens is 465 g/mol. The normalized spacial score (nSPS) is 16.4. The summed E-state index contributed by atoms with van der Waals surface area (Å²) in [4.78, 5) is 4.52. The lowest BCUT2D eigenvalue weighted by Crippen LogP contribution is -2.48. The topological polar surface area (TPSA) is 34.1 Å². The van der Waals surface area contributed by atoms with E-state index < -0.39 is 7.40 Å². The molecule has 0 aromatic carbocycles. The maximum absolute atomic E-state index is 13.6. The van der Waals surface area contributed by atoms with Crippen LogP contribution >= 0.6 is 0 Å². The van der Waals surface area contributed by atoms with Crippen molar-refractivity contribution in [1.82, 2.24) is 9.80 Å². The van der Waals surface area contributed by atoms with Crippen molar-refractivity contribution in [2.75, 3.05) is 26.7 Å². The average molecular weight is 512 g/mol. The summed E-state index contributed by atoms with van der Waals surface area (Å²) in [5, 5.41) is 9.91. The van der Waals surface area contributed by atoms with Crippen molar-refractivity contribution in [2.24, 2.45) is 11.8 Å². The summed E-state index contributed by atoms with van der Waals surface area (Å²) in [6.07, 6.45) is 17.2. The molecule has 2 heterocycles. The van der Waals surface area contributed by atoms with Crippen molar-refractivity contribution < 1.29 is 13.1 Å². The highest BCUT2D eigenvalue weighted by atomic mass is 19.2. The van der Waals surface area contributed by atoms with Crippen molar-refractivity contribution in [3.63, 3.8) is 0 Å². The fraction of sp³-hybridized carbons (Fsp3) is 0.600. The molecular formula is C30H46BF2N4+. The van der Waals surface area contributed by atoms with Crippen molar-refractivity contribution in [1.29, 1.82) is 5.26 Å². The molecule has 0 aliphatic carbocycles. The summed E-state index contributed by atoms with van der Waals surface area (Å²) in [6, 6.07) is 6.98. The number of nitrogens with zero attached hydrogens (tertiary/aromatic N) is 4. The number of halogens is 2. The minimum Gasteiger partial charge on any atom is -0.349 e. The van der Waals surface area contributed by atoms with Gasteiger partial charge in [0.15, 0.2) is 0 Å². The Balaban J connectivity index is 2.28. The molecule has 0 amide bonds. The van der Waals surface area contributed by atoms with E-state index in [1.54, 1.807) is 18.2 Å². The molecule has 2 atom stereocenters. The number of likely N-dealkylation sites (N-methyl/N-ethyl adjacent to an activating group) is 1. The van der Waals surface area contributed by atoms with E-state index in [9.17, 15) is 13.9 Å². The van der Waals surface area contributed by atoms with Crippen LogP contribution in [-0.2, 0) is 0 Å². The molecule has 0 fully saturated rings. The van der Waals surface area contributed by atoms with E-state index in [4.69, 9.17) is 0 Å². The highest BCUT2D eigenvalue weighted by Gasteiger charge is 2.36. The van der Waals surface area contributed by atoms with Gasteiger partial charge in [0.1, 0.15) is 17.8 Å². The minimum atomic E-state index is -2.71. The SMILES string of the molecule is CCCCC(CC)CN(CC1=CN(C)/C(=C(/C#N)c2cccc[n+]2B(F)F)C=C1)CC(CC)CCCC. The highest BCUT2D eigenvalue weighted by molar-refractivity contribution is 6.31. The van der Waals surface area contributed by atoms with Crippen LogP contribution in [0.15, 0.2) is 54.0 Å². The molecule has 2 rings (SSSR count). The number of hydrogen-bond acceptors (Lipinski definition) is 3. The molecule has 7 heteroatoms. The van der Waals surface area contributed by atoms with E-state index in [1.807, 2.05) is 18.0 Å². The van der Waals surface area contributed by atoms with Gasteiger partial charge in [-0.25, -0.2) is 13.1 Å². The van der Waals surface area contributed by atoms with E-state index in [0.29, 0.717) is 17.5 Å². The van der Waals surface area contributed by atoms with Crippen LogP contribution in [0.3, 0.4) is 0 Å². The smallest absolute Gasteiger partial charge is 0.349 e. The Morgan fingerprint density at radius 3 is 2.14 bits per heavy atom. The lowest BCUT2D eigenvalue weighted by atomic mass is 9.95. The Labute approximate surface area is 224 Å². The summed E-state index contributed by atoms with van der Waals surface area (Å²) in [5.74, 6) is 1.39. The van der Waals surface area contributed by atoms with Crippen LogP contribution < -0.4 is 4.48 Å². The summed E-state index contributed by atoms with van der Waals surface area (Å²) in [5.41, 5.74) is 2.26. The zero-order valence-electron chi connectivity index (χ0n) is 23.6. The number of pyridine rings is 1. The molecule has 0 N–H and O–H groups in total. The molecule has 202 valence electrons. The summed E-state index contributed by atoms with van der Waals surface area (Å²) in [7, 11) is -0.821. The maximum atomic E-state index is 13.6. The van der Waals surface area contributed by atoms with Crippen LogP contribution in [0.4, 0.5) is 8.63 Å². The fourth-order valence-electron chi connectivity index (χ4n) is 5.13. The van der Waals surface area contributed by atoms with Crippen molar-refractivity contribution >= 4 is 13.0 Å². The molecule has 1 aromatic heterocycles. The van der Waals surface area contributed by atoms with Gasteiger partial charge in [0.25, 0.3) is 0 Å². The molecule has 0 saturated carbocycles. The summed E-state index contributed by atoms with van der Waals surface area (Å²) >= 11 is 0. The number of nitriles is 1. The quantitative estimate of drug-likeness (QED) is 0.175. The summed E-state index contributed by atoms with van der Waals surface area (Å²) in [6.45, 7) is 12.2. The van der Waals surface area contributed by atoms with E-state index in [-0.39, 0.29) is 11.3 Å². The Kier molecular flexibility index (Phi) is 13.6. The Morgan fingerprint density at radius 1 is 1.03 bits per heavy atom. The van der Waals surface area contributed by atoms with Gasteiger partial charge in [0.2, 0.25) is 5.69 Å². The standard InChI is InChI=1S/C30H46BF2N4/c1-6-10-14-25(8-3)22-36(23-26(9-4)15-11-7-2)24-27-17-18-29(35(5)21-27)28(20-34)30-16-12-13-19-37(30)31(32)33/h12-13,16-19,21,25-26H,6-11,14-15,22-24H2,1-5H3/q+1. The van der Waals surface area contributed by atoms with Crippen LogP contribution in [0.1, 0.15) is 84.8 Å². The Hall–Kier alpha value is -2.46. The van der Waals surface area contributed by atoms with Gasteiger partial charge in [-0.15, -0.1) is 0 Å². The first-order valence-electron chi connectivity index (χ1n) is 14.1. The second-order valence-corrected chi connectivity index (χ2v) is 10.3. The molecule has 1 aromatic rings. The van der Waals surface area contributed by atoms with Gasteiger partial charge in [0, 0.05) is 38.9 Å². The lowest BCUT2D eigenvalue weighted by molar-refractivity contribution is -0.557. The minimum absolute atomic E-state index is 0.216. The second-order valence-electron chi connectivity index (χ2n) is 10.3. The highest BCUT2D eigenvalue weighted by Crippen LogP contribution is 2.26. The molecule has 1 aliphatic rings. The predicted molar refractivity (Wildman–Crippen MR) is 151 cm³/mol. The van der Waals surface area contributed by atoms with Gasteiger partial charge in [-0.1, -0.05) is 72.3 Å². The number of rotatable bonds is 16. The number of unbranched alkanes of at least 4 members (excludes halogenated alkanes) is 2. The summed E-state index contributed by atoms with van der Waals surface area (Å²) < 4.78 is 28.0. The van der Waals surface area contributed by atoms with Gasteiger partial charge in [0.05, 0.1) is 5.70 Å². The van der Waals surface area contributed by atoms with E-state index in [2.05, 4.69) is 50.9 Å². The van der Waals surface area contributed by atoms with Crippen molar-refractivity contribution in [3.05, 3.63) is 59.7 Å². The number of hydrogen-bond donors (Lipinski definition) is 0. The van der Waals surface area contributed by atoms with E-state index in [1.165, 1.54) is 63.1 Å². The van der Waals surface area contributed by atoms with E-state index in [0.717, 1.165) is 24.1 Å². The van der Waals surface area contributed by atoms with Gasteiger partial charge in [-0.3, -0.25) is 4.90 Å². The van der Waals surface area contributed by atoms with Crippen LogP contribution in [0.2, 0.25) is 0 Å². The third kappa shape index (κ3) is 9.41. The molecule has 0 spiro atoms. The third-order valence-corrected chi connectivity index (χ3v) is 7.44. The van der Waals surface area contributed by atoms with Gasteiger partial charge in [-0.2, -0.15) is 5.26 Å². The zero-order chi connectivity index (χ0) is 27.2. The van der Waals surface area contributed by atoms with E-state index >= 15 is 0 Å². The zero-order valence-corrected chi connectivity index (χ0v) is 23.6. The molecule has 2 unspecified atom stereocenters. The molecule has 1 aliphatic heterocycles. The maximum Gasteiger partial charge on any atom is 0.934 e. The van der Waals surface area contributed by atoms with Crippen LogP contribution in [0.25, 0.3) is 5.57 Å². The van der Waals surface area contributed by atoms with Gasteiger partial charge in [-0.05, 0) is 48.5 Å². The number of allylic oxidation sites excluding steroid dienone is 2. The van der Waals surface area contributed by atoms with Gasteiger partial charge < -0.3 is 4.90 Å². The average Bonchev–Trinajstić information content (AvgIpc) is 2.90. The third-order valence-electron chi connectivity index (χ3n) is 7.44. The second kappa shape index (κ2) is 16.4. The number of aromatic nitrogens is 1. The van der Waals surface area contributed by atoms with Crippen LogP contribution in [0.5, 0.6) is 0 Å². The molecule has 0 radical (unpaired) electrons. The predicted octanol–water partition coefficient (Wildman–Crippen LogP) is 7.10. The monoisotopic (exact) mass is 511 g/mol. The Bertz CT molecular complexity index is 949. The molecule has 4 nitrogen and oxygen atoms in total. The molecule has 0 saturated heterocycles. The lowest BCUT2D eigenvalue weighted by Gasteiger charge is -2.32. The molecule has 37 heavy (non-hydrogen) atoms.